The quantitative estimate of drug-likeness (QED) is 0.387. The second-order valence-electron chi connectivity index (χ2n) is 3.64. The fourth-order valence-corrected chi connectivity index (χ4v) is 1.46. The molecule has 0 bridgehead atoms. The fourth-order valence-electron chi connectivity index (χ4n) is 1.46. The zero-order chi connectivity index (χ0) is 13.0. The van der Waals surface area contributed by atoms with Crippen molar-refractivity contribution < 1.29 is 34.3 Å². The van der Waals surface area contributed by atoms with Crippen molar-refractivity contribution in [2.45, 2.75) is 30.7 Å². The second kappa shape index (κ2) is 6.24. The van der Waals surface area contributed by atoms with Gasteiger partial charge < -0.3 is 35.3 Å². The molecular weight excluding hydrogens is 234 g/mol. The van der Waals surface area contributed by atoms with E-state index >= 15 is 0 Å². The first kappa shape index (κ1) is 14.3. The van der Waals surface area contributed by atoms with Gasteiger partial charge in [0.1, 0.15) is 31.0 Å². The monoisotopic (exact) mass is 251 g/mol. The van der Waals surface area contributed by atoms with Gasteiger partial charge in [-0.15, -0.1) is 0 Å². The van der Waals surface area contributed by atoms with Crippen LogP contribution in [0.5, 0.6) is 0 Å². The number of aliphatic hydroxyl groups excluding tert-OH is 3. The minimum atomic E-state index is -1.46. The lowest BCUT2D eigenvalue weighted by Gasteiger charge is -2.39. The van der Waals surface area contributed by atoms with E-state index < -0.39 is 43.3 Å². The molecule has 8 nitrogen and oxygen atoms in total. The lowest BCUT2D eigenvalue weighted by atomic mass is 9.99. The van der Waals surface area contributed by atoms with Crippen molar-refractivity contribution in [3.63, 3.8) is 0 Å². The van der Waals surface area contributed by atoms with E-state index in [1.807, 2.05) is 0 Å². The van der Waals surface area contributed by atoms with Crippen molar-refractivity contribution in [3.05, 3.63) is 0 Å². The summed E-state index contributed by atoms with van der Waals surface area (Å²) in [6.07, 6.45) is -6.30. The summed E-state index contributed by atoms with van der Waals surface area (Å²) in [6.45, 7) is -0.485. The molecule has 1 heterocycles. The Labute approximate surface area is 97.9 Å². The number of aliphatic hydroxyl groups is 3. The molecule has 100 valence electrons. The third-order valence-electron chi connectivity index (χ3n) is 2.49. The molecule has 5 atom stereocenters. The molecule has 0 radical (unpaired) electrons. The Morgan fingerprint density at radius 3 is 2.47 bits per heavy atom. The molecular formula is C9H17NO7. The number of hydrogen-bond donors (Lipinski definition) is 4. The maximum atomic E-state index is 10.8. The van der Waals surface area contributed by atoms with E-state index in [1.54, 1.807) is 0 Å². The van der Waals surface area contributed by atoms with Crippen LogP contribution in [0.3, 0.4) is 0 Å². The average Bonchev–Trinajstić information content (AvgIpc) is 2.34. The summed E-state index contributed by atoms with van der Waals surface area (Å²) in [5, 5.41) is 28.5. The molecule has 17 heavy (non-hydrogen) atoms. The van der Waals surface area contributed by atoms with Crippen LogP contribution in [-0.4, -0.2) is 72.3 Å². The van der Waals surface area contributed by atoms with Crippen molar-refractivity contribution >= 4 is 5.97 Å². The van der Waals surface area contributed by atoms with Gasteiger partial charge in [-0.1, -0.05) is 0 Å². The molecule has 8 heteroatoms. The summed E-state index contributed by atoms with van der Waals surface area (Å²) in [6, 6.07) is 0. The van der Waals surface area contributed by atoms with Crippen molar-refractivity contribution in [2.24, 2.45) is 5.73 Å². The van der Waals surface area contributed by atoms with Gasteiger partial charge >= 0.3 is 5.97 Å². The summed E-state index contributed by atoms with van der Waals surface area (Å²) in [4.78, 5) is 10.8. The average molecular weight is 251 g/mol. The van der Waals surface area contributed by atoms with E-state index in [0.717, 1.165) is 0 Å². The summed E-state index contributed by atoms with van der Waals surface area (Å²) in [7, 11) is 1.19. The van der Waals surface area contributed by atoms with Crippen LogP contribution in [0.15, 0.2) is 0 Å². The van der Waals surface area contributed by atoms with Gasteiger partial charge in [-0.25, -0.2) is 4.79 Å². The van der Waals surface area contributed by atoms with Gasteiger partial charge in [0.2, 0.25) is 0 Å². The molecule has 0 aliphatic carbocycles. The van der Waals surface area contributed by atoms with Gasteiger partial charge in [0, 0.05) is 6.54 Å². The number of rotatable bonds is 4. The molecule has 1 rings (SSSR count). The molecule has 0 spiro atoms. The Kier molecular flexibility index (Phi) is 5.25. The van der Waals surface area contributed by atoms with Crippen LogP contribution in [0.25, 0.3) is 0 Å². The predicted molar refractivity (Wildman–Crippen MR) is 53.7 cm³/mol. The van der Waals surface area contributed by atoms with Crippen LogP contribution in [0, 0.1) is 0 Å². The number of hydrogen-bond acceptors (Lipinski definition) is 8. The topological polar surface area (TPSA) is 131 Å². The largest absolute Gasteiger partial charge is 0.467 e. The number of nitrogens with two attached hydrogens (primary N) is 1. The van der Waals surface area contributed by atoms with Gasteiger partial charge in [0.05, 0.1) is 7.11 Å². The number of methoxy groups -OCH3 is 1. The predicted octanol–water partition coefficient (Wildman–Crippen LogP) is -3.06. The first-order valence-electron chi connectivity index (χ1n) is 5.09. The van der Waals surface area contributed by atoms with E-state index in [9.17, 15) is 20.1 Å². The van der Waals surface area contributed by atoms with Gasteiger partial charge in [0.25, 0.3) is 0 Å². The Hall–Kier alpha value is -0.770. The summed E-state index contributed by atoms with van der Waals surface area (Å²) in [5.74, 6) is -0.647. The highest BCUT2D eigenvalue weighted by molar-refractivity contribution is 5.70. The van der Waals surface area contributed by atoms with Crippen LogP contribution in [-0.2, 0) is 19.0 Å². The third kappa shape index (κ3) is 3.35. The molecule has 0 aromatic carbocycles. The highest BCUT2D eigenvalue weighted by atomic mass is 16.7. The molecule has 1 fully saturated rings. The lowest BCUT2D eigenvalue weighted by molar-refractivity contribution is -0.293. The molecule has 0 unspecified atom stereocenters. The number of ether oxygens (including phenoxy) is 3. The van der Waals surface area contributed by atoms with Crippen molar-refractivity contribution in [1.82, 2.24) is 0 Å². The highest BCUT2D eigenvalue weighted by Crippen LogP contribution is 2.21. The Bertz CT molecular complexity index is 260. The zero-order valence-corrected chi connectivity index (χ0v) is 9.35. The zero-order valence-electron chi connectivity index (χ0n) is 9.35. The van der Waals surface area contributed by atoms with Crippen molar-refractivity contribution in [2.75, 3.05) is 20.3 Å². The minimum absolute atomic E-state index is 0.0525. The lowest BCUT2D eigenvalue weighted by Crippen LogP contribution is -2.60. The summed E-state index contributed by atoms with van der Waals surface area (Å²) >= 11 is 0. The third-order valence-corrected chi connectivity index (χ3v) is 2.49. The van der Waals surface area contributed by atoms with Crippen LogP contribution < -0.4 is 5.73 Å². The van der Waals surface area contributed by atoms with Crippen LogP contribution in [0.2, 0.25) is 0 Å². The molecule has 0 amide bonds. The summed E-state index contributed by atoms with van der Waals surface area (Å²) < 4.78 is 14.4. The standard InChI is InChI=1S/C9H17NO7/c1-15-5(11)3-16-9-8(14)7(13)6(12)4(2-10)17-9/h4,6-9,12-14H,2-3,10H2,1H3/t4-,6-,7+,8-,9-/m1/s1. The van der Waals surface area contributed by atoms with Crippen LogP contribution >= 0.6 is 0 Å². The second-order valence-corrected chi connectivity index (χ2v) is 3.64. The van der Waals surface area contributed by atoms with Gasteiger partial charge in [-0.05, 0) is 0 Å². The molecule has 1 aliphatic rings. The molecule has 1 saturated heterocycles. The van der Waals surface area contributed by atoms with Crippen molar-refractivity contribution in [3.8, 4) is 0 Å². The van der Waals surface area contributed by atoms with E-state index in [-0.39, 0.29) is 6.54 Å². The Morgan fingerprint density at radius 1 is 1.29 bits per heavy atom. The number of carbonyl (C=O) groups is 1. The van der Waals surface area contributed by atoms with Crippen LogP contribution in [0.4, 0.5) is 0 Å². The summed E-state index contributed by atoms with van der Waals surface area (Å²) in [5.41, 5.74) is 5.32. The fraction of sp³-hybridized carbons (Fsp3) is 0.889. The van der Waals surface area contributed by atoms with Gasteiger partial charge in [0.15, 0.2) is 6.29 Å². The highest BCUT2D eigenvalue weighted by Gasteiger charge is 2.43. The SMILES string of the molecule is COC(=O)CO[C@@H]1O[C@H](CN)[C@@H](O)[C@H](O)[C@H]1O. The van der Waals surface area contributed by atoms with Gasteiger partial charge in [-0.3, -0.25) is 0 Å². The number of carbonyl (C=O) groups excluding carboxylic acids is 1. The molecule has 0 saturated carbocycles. The maximum Gasteiger partial charge on any atom is 0.331 e. The first-order chi connectivity index (χ1) is 8.01. The van der Waals surface area contributed by atoms with Crippen molar-refractivity contribution in [1.29, 1.82) is 0 Å². The van der Waals surface area contributed by atoms with E-state index in [4.69, 9.17) is 15.2 Å². The van der Waals surface area contributed by atoms with Crippen LogP contribution in [0.1, 0.15) is 0 Å². The minimum Gasteiger partial charge on any atom is -0.467 e. The molecule has 1 aliphatic heterocycles. The molecule has 0 aromatic heterocycles. The van der Waals surface area contributed by atoms with E-state index in [0.29, 0.717) is 0 Å². The van der Waals surface area contributed by atoms with E-state index in [2.05, 4.69) is 4.74 Å². The maximum absolute atomic E-state index is 10.8. The smallest absolute Gasteiger partial charge is 0.331 e. The Morgan fingerprint density at radius 2 is 1.94 bits per heavy atom. The molecule has 5 N–H and O–H groups in total. The number of esters is 1. The van der Waals surface area contributed by atoms with E-state index in [1.165, 1.54) is 7.11 Å². The first-order valence-corrected chi connectivity index (χ1v) is 5.09. The Balaban J connectivity index is 2.56. The molecule has 0 aromatic rings. The van der Waals surface area contributed by atoms with Gasteiger partial charge in [-0.2, -0.15) is 0 Å². The normalized spacial score (nSPS) is 37.8.